The Kier molecular flexibility index (Phi) is 7.70. The van der Waals surface area contributed by atoms with Gasteiger partial charge in [-0.3, -0.25) is 9.78 Å². The molecule has 2 unspecified atom stereocenters. The van der Waals surface area contributed by atoms with Crippen molar-refractivity contribution in [2.45, 2.75) is 51.3 Å². The lowest BCUT2D eigenvalue weighted by Crippen LogP contribution is -2.40. The summed E-state index contributed by atoms with van der Waals surface area (Å²) in [5.41, 5.74) is 5.99. The molecule has 4 rings (SSSR count). The SMILES string of the molecule is CC(O)CCNCc1ccc2c(c1)CCC(N(C)C(=O)c1ccc(-c3ccc(F)cc3)nc1)C2. The number of nitrogens with one attached hydrogen (secondary N) is 1. The van der Waals surface area contributed by atoms with Gasteiger partial charge in [-0.15, -0.1) is 0 Å². The number of benzene rings is 2. The van der Waals surface area contributed by atoms with Crippen molar-refractivity contribution in [2.24, 2.45) is 0 Å². The van der Waals surface area contributed by atoms with E-state index in [-0.39, 0.29) is 23.9 Å². The Morgan fingerprint density at radius 3 is 2.68 bits per heavy atom. The second-order valence-corrected chi connectivity index (χ2v) is 9.17. The maximum absolute atomic E-state index is 13.2. The number of aryl methyl sites for hydroxylation is 1. The molecule has 0 aliphatic heterocycles. The van der Waals surface area contributed by atoms with Crippen LogP contribution in [-0.2, 0) is 19.4 Å². The van der Waals surface area contributed by atoms with Gasteiger partial charge in [0.15, 0.2) is 0 Å². The van der Waals surface area contributed by atoms with E-state index in [1.54, 1.807) is 37.4 Å². The number of likely N-dealkylation sites (N-methyl/N-ethyl adjacent to an activating group) is 1. The van der Waals surface area contributed by atoms with Crippen LogP contribution >= 0.6 is 0 Å². The summed E-state index contributed by atoms with van der Waals surface area (Å²) in [4.78, 5) is 19.4. The molecule has 2 atom stereocenters. The summed E-state index contributed by atoms with van der Waals surface area (Å²) in [6, 6.07) is 16.5. The van der Waals surface area contributed by atoms with Crippen LogP contribution in [0.5, 0.6) is 0 Å². The number of pyridine rings is 1. The van der Waals surface area contributed by atoms with Crippen molar-refractivity contribution in [3.8, 4) is 11.3 Å². The fourth-order valence-corrected chi connectivity index (χ4v) is 4.45. The highest BCUT2D eigenvalue weighted by molar-refractivity contribution is 5.94. The van der Waals surface area contributed by atoms with Gasteiger partial charge < -0.3 is 15.3 Å². The van der Waals surface area contributed by atoms with Crippen LogP contribution in [0.1, 0.15) is 46.8 Å². The summed E-state index contributed by atoms with van der Waals surface area (Å²) in [5.74, 6) is -0.322. The summed E-state index contributed by atoms with van der Waals surface area (Å²) in [6.45, 7) is 3.39. The fourth-order valence-electron chi connectivity index (χ4n) is 4.45. The lowest BCUT2D eigenvalue weighted by molar-refractivity contribution is 0.0718. The molecule has 0 saturated heterocycles. The maximum atomic E-state index is 13.2. The topological polar surface area (TPSA) is 65.5 Å². The van der Waals surface area contributed by atoms with Gasteiger partial charge in [0.05, 0.1) is 17.4 Å². The number of amides is 1. The van der Waals surface area contributed by atoms with Crippen molar-refractivity contribution in [1.29, 1.82) is 0 Å². The highest BCUT2D eigenvalue weighted by Gasteiger charge is 2.26. The second-order valence-electron chi connectivity index (χ2n) is 9.17. The first-order valence-electron chi connectivity index (χ1n) is 11.9. The molecule has 6 heteroatoms. The minimum atomic E-state index is -0.285. The Morgan fingerprint density at radius 1 is 1.18 bits per heavy atom. The van der Waals surface area contributed by atoms with Gasteiger partial charge in [0, 0.05) is 31.4 Å². The molecular formula is C28H32FN3O2. The van der Waals surface area contributed by atoms with E-state index < -0.39 is 0 Å². The third kappa shape index (κ3) is 5.88. The molecule has 1 aliphatic rings. The minimum Gasteiger partial charge on any atom is -0.393 e. The van der Waals surface area contributed by atoms with Gasteiger partial charge in [0.2, 0.25) is 0 Å². The molecule has 1 aromatic heterocycles. The van der Waals surface area contributed by atoms with Crippen LogP contribution in [0.15, 0.2) is 60.8 Å². The van der Waals surface area contributed by atoms with Crippen molar-refractivity contribution >= 4 is 5.91 Å². The number of fused-ring (bicyclic) bond motifs is 1. The first-order chi connectivity index (χ1) is 16.4. The number of hydrogen-bond donors (Lipinski definition) is 2. The lowest BCUT2D eigenvalue weighted by Gasteiger charge is -2.33. The van der Waals surface area contributed by atoms with E-state index in [1.165, 1.54) is 28.8 Å². The molecular weight excluding hydrogens is 429 g/mol. The molecule has 0 saturated carbocycles. The standard InChI is InChI=1S/C28H32FN3O2/c1-19(33)13-14-30-17-20-3-4-23-16-26(11-7-22(23)15-20)32(2)28(34)24-8-12-27(31-18-24)21-5-9-25(29)10-6-21/h3-6,8-10,12,15,18-19,26,30,33H,7,11,13-14,16-17H2,1-2H3. The van der Waals surface area contributed by atoms with E-state index >= 15 is 0 Å². The number of carbonyl (C=O) groups excluding carboxylic acids is 1. The molecule has 178 valence electrons. The molecule has 2 N–H and O–H groups in total. The summed E-state index contributed by atoms with van der Waals surface area (Å²) in [6.07, 6.45) is 4.78. The van der Waals surface area contributed by atoms with E-state index in [4.69, 9.17) is 0 Å². The van der Waals surface area contributed by atoms with Crippen molar-refractivity contribution < 1.29 is 14.3 Å². The first-order valence-corrected chi connectivity index (χ1v) is 11.9. The highest BCUT2D eigenvalue weighted by atomic mass is 19.1. The van der Waals surface area contributed by atoms with Gasteiger partial charge in [-0.25, -0.2) is 4.39 Å². The zero-order valence-corrected chi connectivity index (χ0v) is 19.8. The van der Waals surface area contributed by atoms with Gasteiger partial charge >= 0.3 is 0 Å². The van der Waals surface area contributed by atoms with Crippen LogP contribution in [0, 0.1) is 5.82 Å². The molecule has 5 nitrogen and oxygen atoms in total. The zero-order chi connectivity index (χ0) is 24.1. The van der Waals surface area contributed by atoms with Crippen molar-refractivity contribution in [3.63, 3.8) is 0 Å². The van der Waals surface area contributed by atoms with E-state index in [0.29, 0.717) is 11.3 Å². The Balaban J connectivity index is 1.36. The lowest BCUT2D eigenvalue weighted by atomic mass is 9.86. The highest BCUT2D eigenvalue weighted by Crippen LogP contribution is 2.26. The smallest absolute Gasteiger partial charge is 0.255 e. The van der Waals surface area contributed by atoms with Gasteiger partial charge in [-0.1, -0.05) is 18.2 Å². The number of hydrogen-bond acceptors (Lipinski definition) is 4. The molecule has 0 bridgehead atoms. The molecule has 3 aromatic rings. The van der Waals surface area contributed by atoms with Crippen molar-refractivity contribution in [1.82, 2.24) is 15.2 Å². The third-order valence-electron chi connectivity index (χ3n) is 6.56. The van der Waals surface area contributed by atoms with E-state index in [2.05, 4.69) is 28.5 Å². The Bertz CT molecular complexity index is 1110. The van der Waals surface area contributed by atoms with Crippen molar-refractivity contribution in [3.05, 3.63) is 88.9 Å². The summed E-state index contributed by atoms with van der Waals surface area (Å²) < 4.78 is 13.2. The molecule has 34 heavy (non-hydrogen) atoms. The zero-order valence-electron chi connectivity index (χ0n) is 19.8. The average molecular weight is 462 g/mol. The monoisotopic (exact) mass is 461 g/mol. The molecule has 2 aromatic carbocycles. The molecule has 0 spiro atoms. The molecule has 1 heterocycles. The van der Waals surface area contributed by atoms with E-state index in [1.807, 2.05) is 11.9 Å². The number of halogens is 1. The van der Waals surface area contributed by atoms with Gasteiger partial charge in [0.25, 0.3) is 5.91 Å². The molecule has 1 amide bonds. The number of carbonyl (C=O) groups is 1. The Morgan fingerprint density at radius 2 is 1.97 bits per heavy atom. The number of rotatable bonds is 8. The van der Waals surface area contributed by atoms with E-state index in [0.717, 1.165) is 44.3 Å². The molecule has 1 aliphatic carbocycles. The van der Waals surface area contributed by atoms with Gasteiger partial charge in [-0.05, 0) is 92.2 Å². The van der Waals surface area contributed by atoms with E-state index in [9.17, 15) is 14.3 Å². The van der Waals surface area contributed by atoms with Crippen LogP contribution in [0.3, 0.4) is 0 Å². The van der Waals surface area contributed by atoms with Crippen molar-refractivity contribution in [2.75, 3.05) is 13.6 Å². The number of aromatic nitrogens is 1. The largest absolute Gasteiger partial charge is 0.393 e. The molecule has 0 fully saturated rings. The normalized spacial score (nSPS) is 16.1. The van der Waals surface area contributed by atoms with Crippen LogP contribution in [0.25, 0.3) is 11.3 Å². The fraction of sp³-hybridized carbons (Fsp3) is 0.357. The third-order valence-corrected chi connectivity index (χ3v) is 6.56. The maximum Gasteiger partial charge on any atom is 0.255 e. The summed E-state index contributed by atoms with van der Waals surface area (Å²) >= 11 is 0. The number of nitrogens with zero attached hydrogens (tertiary/aromatic N) is 2. The summed E-state index contributed by atoms with van der Waals surface area (Å²) in [5, 5.41) is 12.8. The summed E-state index contributed by atoms with van der Waals surface area (Å²) in [7, 11) is 1.87. The average Bonchev–Trinajstić information content (AvgIpc) is 2.86. The number of aliphatic hydroxyl groups is 1. The van der Waals surface area contributed by atoms with Crippen LogP contribution < -0.4 is 5.32 Å². The Labute approximate surface area is 200 Å². The van der Waals surface area contributed by atoms with Gasteiger partial charge in [0.1, 0.15) is 5.82 Å². The predicted octanol–water partition coefficient (Wildman–Crippen LogP) is 4.38. The second kappa shape index (κ2) is 10.9. The minimum absolute atomic E-state index is 0.0365. The van der Waals surface area contributed by atoms with Gasteiger partial charge in [-0.2, -0.15) is 0 Å². The number of aliphatic hydroxyl groups excluding tert-OH is 1. The Hall–Kier alpha value is -3.09. The quantitative estimate of drug-likeness (QED) is 0.489. The predicted molar refractivity (Wildman–Crippen MR) is 132 cm³/mol. The first kappa shape index (κ1) is 24.0. The van der Waals surface area contributed by atoms with Crippen LogP contribution in [0.4, 0.5) is 4.39 Å². The van der Waals surface area contributed by atoms with Crippen LogP contribution in [-0.4, -0.2) is 46.6 Å². The molecule has 0 radical (unpaired) electrons. The van der Waals surface area contributed by atoms with Crippen LogP contribution in [0.2, 0.25) is 0 Å².